The van der Waals surface area contributed by atoms with Gasteiger partial charge < -0.3 is 15.7 Å². The monoisotopic (exact) mass is 319 g/mol. The molecular formula is C18H29N3O2. The Hall–Kier alpha value is -1.43. The van der Waals surface area contributed by atoms with Crippen LogP contribution in [-0.2, 0) is 11.2 Å². The molecule has 1 aromatic carbocycles. The highest BCUT2D eigenvalue weighted by Gasteiger charge is 2.31. The second-order valence-electron chi connectivity index (χ2n) is 6.49. The van der Waals surface area contributed by atoms with Crippen molar-refractivity contribution in [3.63, 3.8) is 0 Å². The number of carbonyl (C=O) groups is 1. The van der Waals surface area contributed by atoms with Crippen molar-refractivity contribution in [2.24, 2.45) is 5.73 Å². The molecule has 1 saturated heterocycles. The first-order valence-electron chi connectivity index (χ1n) is 8.51. The number of carbonyl (C=O) groups excluding carboxylic acids is 1. The zero-order valence-electron chi connectivity index (χ0n) is 14.2. The number of nitrogens with two attached hydrogens (primary N) is 1. The minimum absolute atomic E-state index is 0.0315. The lowest BCUT2D eigenvalue weighted by Gasteiger charge is -2.42. The van der Waals surface area contributed by atoms with E-state index in [9.17, 15) is 9.90 Å². The molecule has 0 aromatic heterocycles. The van der Waals surface area contributed by atoms with E-state index >= 15 is 0 Å². The van der Waals surface area contributed by atoms with E-state index in [-0.39, 0.29) is 12.0 Å². The number of aliphatic hydroxyl groups is 1. The van der Waals surface area contributed by atoms with Crippen LogP contribution in [-0.4, -0.2) is 65.2 Å². The summed E-state index contributed by atoms with van der Waals surface area (Å²) in [7, 11) is 0. The molecule has 0 aliphatic carbocycles. The van der Waals surface area contributed by atoms with Gasteiger partial charge in [0, 0.05) is 32.2 Å². The van der Waals surface area contributed by atoms with Crippen molar-refractivity contribution in [3.05, 3.63) is 35.9 Å². The zero-order valence-corrected chi connectivity index (χ0v) is 14.2. The Labute approximate surface area is 139 Å². The molecule has 5 nitrogen and oxygen atoms in total. The molecule has 3 N–H and O–H groups in total. The minimum Gasteiger partial charge on any atom is -0.392 e. The van der Waals surface area contributed by atoms with Gasteiger partial charge in [0.1, 0.15) is 0 Å². The maximum Gasteiger partial charge on any atom is 0.239 e. The molecular weight excluding hydrogens is 290 g/mol. The molecule has 3 unspecified atom stereocenters. The SMILES string of the molecule is CCC1CN(C(=O)C(N)Cc2ccccc2)CCN1CC(C)O. The predicted molar refractivity (Wildman–Crippen MR) is 92.0 cm³/mol. The highest BCUT2D eigenvalue weighted by molar-refractivity contribution is 5.82. The summed E-state index contributed by atoms with van der Waals surface area (Å²) in [5.41, 5.74) is 7.23. The van der Waals surface area contributed by atoms with Crippen molar-refractivity contribution < 1.29 is 9.90 Å². The summed E-state index contributed by atoms with van der Waals surface area (Å²) >= 11 is 0. The van der Waals surface area contributed by atoms with Crippen molar-refractivity contribution in [1.29, 1.82) is 0 Å². The van der Waals surface area contributed by atoms with Crippen molar-refractivity contribution in [1.82, 2.24) is 9.80 Å². The molecule has 0 radical (unpaired) electrons. The smallest absolute Gasteiger partial charge is 0.239 e. The molecule has 3 atom stereocenters. The average molecular weight is 319 g/mol. The summed E-state index contributed by atoms with van der Waals surface area (Å²) in [6.45, 7) is 6.77. The van der Waals surface area contributed by atoms with E-state index in [1.807, 2.05) is 35.2 Å². The molecule has 1 aromatic rings. The molecule has 1 amide bonds. The van der Waals surface area contributed by atoms with Gasteiger partial charge in [-0.3, -0.25) is 9.69 Å². The number of rotatable bonds is 6. The van der Waals surface area contributed by atoms with Crippen LogP contribution in [0.25, 0.3) is 0 Å². The Balaban J connectivity index is 1.92. The summed E-state index contributed by atoms with van der Waals surface area (Å²) < 4.78 is 0. The van der Waals surface area contributed by atoms with Gasteiger partial charge in [-0.15, -0.1) is 0 Å². The molecule has 1 heterocycles. The number of benzene rings is 1. The Morgan fingerprint density at radius 2 is 2.04 bits per heavy atom. The third-order valence-electron chi connectivity index (χ3n) is 4.50. The van der Waals surface area contributed by atoms with Crippen LogP contribution in [0.1, 0.15) is 25.8 Å². The average Bonchev–Trinajstić information content (AvgIpc) is 2.55. The van der Waals surface area contributed by atoms with Gasteiger partial charge in [0.15, 0.2) is 0 Å². The van der Waals surface area contributed by atoms with E-state index in [1.54, 1.807) is 6.92 Å². The van der Waals surface area contributed by atoms with E-state index < -0.39 is 6.04 Å². The lowest BCUT2D eigenvalue weighted by Crippen LogP contribution is -2.58. The van der Waals surface area contributed by atoms with Gasteiger partial charge in [0.2, 0.25) is 5.91 Å². The molecule has 0 spiro atoms. The van der Waals surface area contributed by atoms with Crippen LogP contribution in [0.3, 0.4) is 0 Å². The normalized spacial score (nSPS) is 21.9. The first kappa shape index (κ1) is 17.9. The van der Waals surface area contributed by atoms with Crippen LogP contribution in [0.2, 0.25) is 0 Å². The molecule has 5 heteroatoms. The largest absolute Gasteiger partial charge is 0.392 e. The highest BCUT2D eigenvalue weighted by atomic mass is 16.3. The minimum atomic E-state index is -0.488. The van der Waals surface area contributed by atoms with Gasteiger partial charge in [-0.1, -0.05) is 37.3 Å². The van der Waals surface area contributed by atoms with Crippen LogP contribution >= 0.6 is 0 Å². The maximum absolute atomic E-state index is 12.6. The first-order valence-corrected chi connectivity index (χ1v) is 8.51. The number of β-amino-alcohol motifs (C(OH)–C–C–N with tert-alkyl or cyclic N) is 1. The van der Waals surface area contributed by atoms with Crippen LogP contribution in [0.5, 0.6) is 0 Å². The van der Waals surface area contributed by atoms with E-state index in [0.717, 1.165) is 18.5 Å². The van der Waals surface area contributed by atoms with Crippen molar-refractivity contribution in [2.75, 3.05) is 26.2 Å². The van der Waals surface area contributed by atoms with Gasteiger partial charge in [-0.25, -0.2) is 0 Å². The number of aliphatic hydroxyl groups excluding tert-OH is 1. The molecule has 1 aliphatic rings. The Kier molecular flexibility index (Phi) is 6.57. The zero-order chi connectivity index (χ0) is 16.8. The van der Waals surface area contributed by atoms with E-state index in [0.29, 0.717) is 32.1 Å². The number of piperazine rings is 1. The predicted octanol–water partition coefficient (Wildman–Crippen LogP) is 0.860. The lowest BCUT2D eigenvalue weighted by atomic mass is 10.0. The summed E-state index contributed by atoms with van der Waals surface area (Å²) in [6, 6.07) is 9.71. The van der Waals surface area contributed by atoms with Gasteiger partial charge in [-0.2, -0.15) is 0 Å². The Morgan fingerprint density at radius 3 is 2.65 bits per heavy atom. The van der Waals surface area contributed by atoms with Crippen molar-refractivity contribution in [2.45, 2.75) is 44.9 Å². The number of hydrogen-bond acceptors (Lipinski definition) is 4. The van der Waals surface area contributed by atoms with Crippen molar-refractivity contribution >= 4 is 5.91 Å². The Morgan fingerprint density at radius 1 is 1.35 bits per heavy atom. The van der Waals surface area contributed by atoms with Crippen LogP contribution < -0.4 is 5.73 Å². The van der Waals surface area contributed by atoms with E-state index in [2.05, 4.69) is 11.8 Å². The first-order chi connectivity index (χ1) is 11.0. The van der Waals surface area contributed by atoms with Crippen LogP contribution in [0.4, 0.5) is 0 Å². The summed E-state index contributed by atoms with van der Waals surface area (Å²) in [5, 5.41) is 9.60. The number of nitrogens with zero attached hydrogens (tertiary/aromatic N) is 2. The number of hydrogen-bond donors (Lipinski definition) is 2. The van der Waals surface area contributed by atoms with Gasteiger partial charge in [-0.05, 0) is 25.3 Å². The molecule has 128 valence electrons. The molecule has 2 rings (SSSR count). The Bertz CT molecular complexity index is 492. The number of amides is 1. The second-order valence-corrected chi connectivity index (χ2v) is 6.49. The third-order valence-corrected chi connectivity index (χ3v) is 4.50. The molecule has 1 fully saturated rings. The van der Waals surface area contributed by atoms with E-state index in [4.69, 9.17) is 5.73 Å². The molecule has 0 saturated carbocycles. The summed E-state index contributed by atoms with van der Waals surface area (Å²) in [4.78, 5) is 16.8. The summed E-state index contributed by atoms with van der Waals surface area (Å²) in [5.74, 6) is 0.0315. The second kappa shape index (κ2) is 8.43. The fraction of sp³-hybridized carbons (Fsp3) is 0.611. The quantitative estimate of drug-likeness (QED) is 0.816. The molecule has 1 aliphatic heterocycles. The third kappa shape index (κ3) is 5.03. The fourth-order valence-corrected chi connectivity index (χ4v) is 3.25. The van der Waals surface area contributed by atoms with Gasteiger partial charge in [0.05, 0.1) is 12.1 Å². The highest BCUT2D eigenvalue weighted by Crippen LogP contribution is 2.15. The molecule has 23 heavy (non-hydrogen) atoms. The fourth-order valence-electron chi connectivity index (χ4n) is 3.25. The van der Waals surface area contributed by atoms with Crippen molar-refractivity contribution in [3.8, 4) is 0 Å². The maximum atomic E-state index is 12.6. The summed E-state index contributed by atoms with van der Waals surface area (Å²) in [6.07, 6.45) is 1.20. The van der Waals surface area contributed by atoms with Crippen LogP contribution in [0, 0.1) is 0 Å². The standard InChI is InChI=1S/C18H29N3O2/c1-3-16-13-21(10-9-20(16)12-14(2)22)18(23)17(19)11-15-7-5-4-6-8-15/h4-8,14,16-17,22H,3,9-13,19H2,1-2H3. The van der Waals surface area contributed by atoms with E-state index in [1.165, 1.54) is 0 Å². The van der Waals surface area contributed by atoms with Gasteiger partial charge in [0.25, 0.3) is 0 Å². The van der Waals surface area contributed by atoms with Crippen LogP contribution in [0.15, 0.2) is 30.3 Å². The van der Waals surface area contributed by atoms with Gasteiger partial charge >= 0.3 is 0 Å². The topological polar surface area (TPSA) is 69.8 Å². The lowest BCUT2D eigenvalue weighted by molar-refractivity contribution is -0.135. The molecule has 0 bridgehead atoms.